The van der Waals surface area contributed by atoms with E-state index >= 15 is 0 Å². The number of hydrogen-bond donors (Lipinski definition) is 3. The summed E-state index contributed by atoms with van der Waals surface area (Å²) in [6, 6.07) is 0. The molecule has 2 aliphatic heterocycles. The summed E-state index contributed by atoms with van der Waals surface area (Å²) < 4.78 is 17.4. The number of ether oxygens (including phenoxy) is 1. The number of aliphatic hydroxyl groups is 1. The minimum absolute atomic E-state index is 0.0135. The van der Waals surface area contributed by atoms with Crippen LogP contribution in [0.15, 0.2) is 6.33 Å². The Morgan fingerprint density at radius 2 is 2.26 bits per heavy atom. The van der Waals surface area contributed by atoms with E-state index in [4.69, 9.17) is 38.7 Å². The maximum Gasteiger partial charge on any atom is 0.488 e. The summed E-state index contributed by atoms with van der Waals surface area (Å²) in [4.78, 5) is 21.7. The van der Waals surface area contributed by atoms with Gasteiger partial charge in [0.1, 0.15) is 25.1 Å². The van der Waals surface area contributed by atoms with Gasteiger partial charge >= 0.3 is 15.4 Å². The lowest BCUT2D eigenvalue weighted by atomic mass is 10.1. The highest BCUT2D eigenvalue weighted by Gasteiger charge is 2.57. The molecule has 4 N–H and O–H groups in total. The molecule has 13 heteroatoms. The van der Waals surface area contributed by atoms with Crippen molar-refractivity contribution < 1.29 is 23.8 Å². The highest BCUT2D eigenvalue weighted by Crippen LogP contribution is 2.58. The Kier molecular flexibility index (Phi) is 3.51. The first kappa shape index (κ1) is 15.5. The topological polar surface area (TPSA) is 138 Å². The summed E-state index contributed by atoms with van der Waals surface area (Å²) >= 11 is 6.14. The molecule has 120 valence electrons. The Bertz CT molecular complexity index is 777. The summed E-state index contributed by atoms with van der Waals surface area (Å²) in [5.41, 5.74) is 6.35. The number of nitrogen functional groups attached to an aromatic ring is 1. The lowest BCUT2D eigenvalue weighted by molar-refractivity contribution is -0.0602. The van der Waals surface area contributed by atoms with E-state index in [1.807, 2.05) is 0 Å². The number of nitrogens with two attached hydrogens (primary N) is 1. The number of halogens is 1. The second-order valence-corrected chi connectivity index (χ2v) is 7.10. The van der Waals surface area contributed by atoms with Crippen molar-refractivity contribution in [1.82, 2.24) is 19.5 Å². The van der Waals surface area contributed by atoms with Crippen LogP contribution < -0.4 is 5.73 Å². The first-order valence-corrected chi connectivity index (χ1v) is 8.60. The summed E-state index contributed by atoms with van der Waals surface area (Å²) in [6.07, 6.45) is -2.33. The Balaban J connectivity index is 1.75. The average Bonchev–Trinajstić information content (AvgIpc) is 2.97. The Hall–Kier alpha value is -1.07. The number of anilines is 1. The van der Waals surface area contributed by atoms with Gasteiger partial charge in [-0.2, -0.15) is 9.05 Å². The molecule has 10 nitrogen and oxygen atoms in total. The lowest BCUT2D eigenvalue weighted by Crippen LogP contribution is -2.40. The zero-order valence-electron chi connectivity index (χ0n) is 11.5. The molecule has 0 aromatic carbocycles. The van der Waals surface area contributed by atoms with Crippen LogP contribution in [-0.4, -0.2) is 62.0 Å². The van der Waals surface area contributed by atoms with Crippen LogP contribution in [0.1, 0.15) is 6.23 Å². The molecule has 2 aliphatic rings. The van der Waals surface area contributed by atoms with Crippen LogP contribution >= 0.6 is 19.4 Å². The van der Waals surface area contributed by atoms with Gasteiger partial charge in [-0.15, -0.1) is 0 Å². The maximum absolute atomic E-state index is 10.5. The molecule has 0 saturated carbocycles. The highest BCUT2D eigenvalue weighted by atomic mass is 35.5. The van der Waals surface area contributed by atoms with Gasteiger partial charge in [0.15, 0.2) is 29.3 Å². The van der Waals surface area contributed by atoms with Gasteiger partial charge in [-0.05, 0) is 11.6 Å². The van der Waals surface area contributed by atoms with Crippen molar-refractivity contribution in [3.63, 3.8) is 0 Å². The molecule has 2 radical (unpaired) electrons. The van der Waals surface area contributed by atoms with Crippen molar-refractivity contribution >= 4 is 44.0 Å². The number of imidazole rings is 1. The fourth-order valence-corrected chi connectivity index (χ4v) is 4.00. The summed E-state index contributed by atoms with van der Waals surface area (Å²) in [6.45, 7) is -0.0135. The van der Waals surface area contributed by atoms with Gasteiger partial charge in [-0.1, -0.05) is 0 Å². The number of aromatic nitrogens is 4. The molecular formula is C10H11BClN5O5P+. The van der Waals surface area contributed by atoms with E-state index in [-0.39, 0.29) is 17.7 Å². The van der Waals surface area contributed by atoms with E-state index in [1.54, 1.807) is 0 Å². The van der Waals surface area contributed by atoms with Gasteiger partial charge in [0.25, 0.3) is 0 Å². The smallest absolute Gasteiger partial charge is 0.385 e. The van der Waals surface area contributed by atoms with Crippen LogP contribution in [-0.2, 0) is 13.8 Å². The minimum atomic E-state index is -3.46. The second kappa shape index (κ2) is 5.22. The van der Waals surface area contributed by atoms with Crippen molar-refractivity contribution in [3.05, 3.63) is 11.6 Å². The molecular weight excluding hydrogens is 347 g/mol. The van der Waals surface area contributed by atoms with Gasteiger partial charge in [0, 0.05) is 0 Å². The molecule has 2 saturated heterocycles. The van der Waals surface area contributed by atoms with Crippen molar-refractivity contribution in [2.24, 2.45) is 0 Å². The standard InChI is InChI=1S/C10H11BClN5O5P/c11-23(19)20-1-3-6(22-23)5(18)9(21-3)17-8-4(16-10(17)12)7(13)14-2-15-8/h2-3,5-6,9,18-19H,1H2,(H2,13,14,15)/q+1/t3-,5-,6-,9-,23?/m1/s1. The molecule has 5 atom stereocenters. The number of aliphatic hydroxyl groups excluding tert-OH is 1. The van der Waals surface area contributed by atoms with Crippen LogP contribution in [0.5, 0.6) is 0 Å². The third-order valence-electron chi connectivity index (χ3n) is 3.72. The molecule has 0 spiro atoms. The van der Waals surface area contributed by atoms with Crippen LogP contribution in [0.25, 0.3) is 11.2 Å². The van der Waals surface area contributed by atoms with E-state index in [9.17, 15) is 10.00 Å². The highest BCUT2D eigenvalue weighted by molar-refractivity contribution is 7.85. The van der Waals surface area contributed by atoms with Gasteiger partial charge in [-0.3, -0.25) is 4.57 Å². The Labute approximate surface area is 136 Å². The van der Waals surface area contributed by atoms with Gasteiger partial charge in [0.05, 0.1) is 0 Å². The zero-order valence-corrected chi connectivity index (χ0v) is 13.1. The molecule has 2 fully saturated rings. The van der Waals surface area contributed by atoms with Crippen LogP contribution in [0.2, 0.25) is 5.28 Å². The number of hydrogen-bond acceptors (Lipinski definition) is 9. The SMILES string of the molecule is [B][P+]1(O)OC[C@H]2O[C@@H](n3c(Cl)nc4c(N)ncnc43)[C@H](O)[C@@H]2O1. The lowest BCUT2D eigenvalue weighted by Gasteiger charge is -2.27. The van der Waals surface area contributed by atoms with E-state index in [0.717, 1.165) is 0 Å². The van der Waals surface area contributed by atoms with E-state index in [0.29, 0.717) is 11.2 Å². The van der Waals surface area contributed by atoms with Crippen molar-refractivity contribution in [2.75, 3.05) is 12.3 Å². The predicted octanol–water partition coefficient (Wildman–Crippen LogP) is -0.426. The zero-order chi connectivity index (χ0) is 16.4. The van der Waals surface area contributed by atoms with Crippen LogP contribution in [0, 0.1) is 0 Å². The molecule has 4 rings (SSSR count). The number of fused-ring (bicyclic) bond motifs is 2. The van der Waals surface area contributed by atoms with E-state index < -0.39 is 32.4 Å². The summed E-state index contributed by atoms with van der Waals surface area (Å²) in [5.74, 6) is 0.155. The quantitative estimate of drug-likeness (QED) is 0.352. The van der Waals surface area contributed by atoms with Gasteiger partial charge in [-0.25, -0.2) is 19.8 Å². The fourth-order valence-electron chi connectivity index (χ4n) is 2.71. The van der Waals surface area contributed by atoms with Crippen molar-refractivity contribution in [2.45, 2.75) is 24.5 Å². The molecule has 4 heterocycles. The van der Waals surface area contributed by atoms with E-state index in [1.165, 1.54) is 10.9 Å². The molecule has 1 unspecified atom stereocenters. The first-order chi connectivity index (χ1) is 10.9. The molecule has 2 aromatic heterocycles. The first-order valence-electron chi connectivity index (χ1n) is 6.58. The monoisotopic (exact) mass is 358 g/mol. The van der Waals surface area contributed by atoms with Crippen LogP contribution in [0.3, 0.4) is 0 Å². The number of nitrogens with zero attached hydrogens (tertiary/aromatic N) is 4. The fraction of sp³-hybridized carbons (Fsp3) is 0.500. The van der Waals surface area contributed by atoms with Gasteiger partial charge in [0.2, 0.25) is 5.28 Å². The maximum atomic E-state index is 10.5. The van der Waals surface area contributed by atoms with E-state index in [2.05, 4.69) is 15.0 Å². The van der Waals surface area contributed by atoms with Crippen LogP contribution in [0.4, 0.5) is 5.82 Å². The van der Waals surface area contributed by atoms with Crippen molar-refractivity contribution in [1.29, 1.82) is 0 Å². The normalized spacial score (nSPS) is 37.2. The predicted molar refractivity (Wildman–Crippen MR) is 80.4 cm³/mol. The third kappa shape index (κ3) is 2.40. The number of rotatable bonds is 1. The summed E-state index contributed by atoms with van der Waals surface area (Å²) in [5, 5.41) is 10.5. The minimum Gasteiger partial charge on any atom is -0.385 e. The Morgan fingerprint density at radius 3 is 3.04 bits per heavy atom. The molecule has 0 amide bonds. The largest absolute Gasteiger partial charge is 0.488 e. The molecule has 23 heavy (non-hydrogen) atoms. The summed E-state index contributed by atoms with van der Waals surface area (Å²) in [7, 11) is 2.02. The molecule has 0 aliphatic carbocycles. The Morgan fingerprint density at radius 1 is 1.48 bits per heavy atom. The molecule has 0 bridgehead atoms. The van der Waals surface area contributed by atoms with Gasteiger partial charge < -0.3 is 15.6 Å². The second-order valence-electron chi connectivity index (χ2n) is 5.17. The third-order valence-corrected chi connectivity index (χ3v) is 5.05. The molecule has 2 aromatic rings. The average molecular weight is 358 g/mol. The van der Waals surface area contributed by atoms with Crippen molar-refractivity contribution in [3.8, 4) is 0 Å².